The molecule has 2 N–H and O–H groups in total. The summed E-state index contributed by atoms with van der Waals surface area (Å²) in [4.78, 5) is 0. The number of rotatable bonds is 1. The minimum Gasteiger partial charge on any atom is -0.322 e. The molecule has 0 radical (unpaired) electrons. The van der Waals surface area contributed by atoms with Crippen molar-refractivity contribution in [1.29, 1.82) is 0 Å². The van der Waals surface area contributed by atoms with Gasteiger partial charge in [0.25, 0.3) is 0 Å². The molecule has 0 unspecified atom stereocenters. The van der Waals surface area contributed by atoms with E-state index in [1.165, 1.54) is 0 Å². The molecule has 0 bridgehead atoms. The lowest BCUT2D eigenvalue weighted by molar-refractivity contribution is 1.26. The number of hydrogen-bond acceptors (Lipinski definition) is 2. The Morgan fingerprint density at radius 2 is 2.43 bits per heavy atom. The smallest absolute Gasteiger partial charge is 0.148 e. The Balaban J connectivity index is 3.58. The molecule has 0 aromatic rings. The molecule has 0 spiro atoms. The summed E-state index contributed by atoms with van der Waals surface area (Å²) in [5, 5.41) is 3.50. The molecular weight excluding hydrogens is 112 g/mol. The molecular formula is C4H7ClN2. The molecule has 40 valence electrons. The number of halogens is 1. The van der Waals surface area contributed by atoms with E-state index < -0.39 is 0 Å². The second-order valence-electron chi connectivity index (χ2n) is 0.952. The molecule has 0 saturated carbocycles. The minimum absolute atomic E-state index is 0.322. The molecule has 0 aliphatic heterocycles. The number of nitrogens with zero attached hydrogens (tertiary/aromatic N) is 1. The van der Waals surface area contributed by atoms with Crippen molar-refractivity contribution in [2.45, 2.75) is 6.92 Å². The molecule has 2 nitrogen and oxygen atoms in total. The highest BCUT2D eigenvalue weighted by Crippen LogP contribution is 1.83. The minimum atomic E-state index is 0.322. The third-order valence-electron chi connectivity index (χ3n) is 0.428. The van der Waals surface area contributed by atoms with Crippen LogP contribution < -0.4 is 5.84 Å². The largest absolute Gasteiger partial charge is 0.322 e. The topological polar surface area (TPSA) is 38.4 Å². The highest BCUT2D eigenvalue weighted by Gasteiger charge is 1.76. The lowest BCUT2D eigenvalue weighted by Gasteiger charge is -1.77. The first-order chi connectivity index (χ1) is 3.31. The van der Waals surface area contributed by atoms with Gasteiger partial charge in [0.2, 0.25) is 0 Å². The Bertz CT molecular complexity index is 95.9. The van der Waals surface area contributed by atoms with Crippen molar-refractivity contribution in [1.82, 2.24) is 0 Å². The fraction of sp³-hybridized carbons (Fsp3) is 0.250. The summed E-state index contributed by atoms with van der Waals surface area (Å²) in [5.41, 5.74) is 0. The predicted octanol–water partition coefficient (Wildman–Crippen LogP) is 1.07. The van der Waals surface area contributed by atoms with E-state index in [-0.39, 0.29) is 0 Å². The van der Waals surface area contributed by atoms with Gasteiger partial charge >= 0.3 is 0 Å². The van der Waals surface area contributed by atoms with Crippen molar-refractivity contribution in [3.8, 4) is 0 Å². The van der Waals surface area contributed by atoms with Crippen molar-refractivity contribution in [3.05, 3.63) is 12.2 Å². The lowest BCUT2D eigenvalue weighted by Crippen LogP contribution is -1.86. The van der Waals surface area contributed by atoms with Crippen molar-refractivity contribution in [2.75, 3.05) is 0 Å². The predicted molar refractivity (Wildman–Crippen MR) is 32.3 cm³/mol. The lowest BCUT2D eigenvalue weighted by atomic mass is 10.6. The van der Waals surface area contributed by atoms with Crippen LogP contribution in [0.15, 0.2) is 17.3 Å². The van der Waals surface area contributed by atoms with Gasteiger partial charge in [0.15, 0.2) is 0 Å². The van der Waals surface area contributed by atoms with E-state index in [1.54, 1.807) is 12.2 Å². The molecule has 0 fully saturated rings. The van der Waals surface area contributed by atoms with Crippen LogP contribution in [0.25, 0.3) is 0 Å². The van der Waals surface area contributed by atoms with Gasteiger partial charge in [-0.05, 0) is 13.0 Å². The van der Waals surface area contributed by atoms with E-state index in [0.29, 0.717) is 5.17 Å². The zero-order valence-corrected chi connectivity index (χ0v) is 4.81. The normalized spacial score (nSPS) is 13.1. The highest BCUT2D eigenvalue weighted by atomic mass is 35.5. The van der Waals surface area contributed by atoms with E-state index >= 15 is 0 Å². The summed E-state index contributed by atoms with van der Waals surface area (Å²) in [6.07, 6.45) is 3.38. The maximum atomic E-state index is 5.30. The molecule has 0 rings (SSSR count). The van der Waals surface area contributed by atoms with Gasteiger partial charge in [-0.1, -0.05) is 17.7 Å². The van der Waals surface area contributed by atoms with Gasteiger partial charge in [0, 0.05) is 0 Å². The van der Waals surface area contributed by atoms with Crippen LogP contribution in [0.3, 0.4) is 0 Å². The average Bonchev–Trinajstić information content (AvgIpc) is 1.68. The van der Waals surface area contributed by atoms with Crippen LogP contribution in [0.1, 0.15) is 6.92 Å². The molecule has 0 atom stereocenters. The quantitative estimate of drug-likeness (QED) is 0.312. The van der Waals surface area contributed by atoms with Crippen molar-refractivity contribution >= 4 is 16.8 Å². The van der Waals surface area contributed by atoms with E-state index in [1.807, 2.05) is 6.92 Å². The highest BCUT2D eigenvalue weighted by molar-refractivity contribution is 6.68. The second kappa shape index (κ2) is 3.68. The third-order valence-corrected chi connectivity index (χ3v) is 0.651. The average molecular weight is 119 g/mol. The van der Waals surface area contributed by atoms with E-state index in [0.717, 1.165) is 0 Å². The SMILES string of the molecule is C/C=C\C(Cl)=N/N. The van der Waals surface area contributed by atoms with Crippen LogP contribution in [0.5, 0.6) is 0 Å². The first-order valence-corrected chi connectivity index (χ1v) is 2.25. The van der Waals surface area contributed by atoms with Crippen molar-refractivity contribution in [2.24, 2.45) is 10.9 Å². The first-order valence-electron chi connectivity index (χ1n) is 1.87. The maximum absolute atomic E-state index is 5.30. The van der Waals surface area contributed by atoms with Crippen LogP contribution in [0.2, 0.25) is 0 Å². The Hall–Kier alpha value is -0.500. The Kier molecular flexibility index (Phi) is 3.42. The zero-order chi connectivity index (χ0) is 5.70. The first kappa shape index (κ1) is 6.50. The van der Waals surface area contributed by atoms with Gasteiger partial charge in [0.05, 0.1) is 0 Å². The van der Waals surface area contributed by atoms with Gasteiger partial charge in [-0.25, -0.2) is 0 Å². The Morgan fingerprint density at radius 1 is 1.86 bits per heavy atom. The number of hydrazone groups is 1. The molecule has 0 aromatic heterocycles. The summed E-state index contributed by atoms with van der Waals surface area (Å²) in [5.74, 6) is 4.76. The van der Waals surface area contributed by atoms with E-state index in [4.69, 9.17) is 17.4 Å². The van der Waals surface area contributed by atoms with Crippen LogP contribution in [0.4, 0.5) is 0 Å². The summed E-state index contributed by atoms with van der Waals surface area (Å²) in [7, 11) is 0. The van der Waals surface area contributed by atoms with Gasteiger partial charge < -0.3 is 5.84 Å². The maximum Gasteiger partial charge on any atom is 0.148 e. The van der Waals surface area contributed by atoms with Crippen molar-refractivity contribution in [3.63, 3.8) is 0 Å². The van der Waals surface area contributed by atoms with Crippen LogP contribution >= 0.6 is 11.6 Å². The van der Waals surface area contributed by atoms with Gasteiger partial charge in [-0.3, -0.25) is 0 Å². The number of allylic oxidation sites excluding steroid dienone is 2. The van der Waals surface area contributed by atoms with Gasteiger partial charge in [-0.15, -0.1) is 0 Å². The third kappa shape index (κ3) is 3.33. The second-order valence-corrected chi connectivity index (χ2v) is 1.34. The van der Waals surface area contributed by atoms with Gasteiger partial charge in [0.1, 0.15) is 5.17 Å². The molecule has 0 saturated heterocycles. The zero-order valence-electron chi connectivity index (χ0n) is 4.06. The molecule has 0 aliphatic carbocycles. The molecule has 0 heterocycles. The Morgan fingerprint density at radius 3 is 2.57 bits per heavy atom. The standard InChI is InChI=1S/C4H7ClN2/c1-2-3-4(5)7-6/h2-3H,6H2,1H3/b3-2-,7-4+. The molecule has 0 aliphatic rings. The summed E-state index contributed by atoms with van der Waals surface area (Å²) in [6, 6.07) is 0. The van der Waals surface area contributed by atoms with E-state index in [9.17, 15) is 0 Å². The van der Waals surface area contributed by atoms with Crippen LogP contribution in [-0.2, 0) is 0 Å². The van der Waals surface area contributed by atoms with Crippen LogP contribution in [-0.4, -0.2) is 5.17 Å². The molecule has 7 heavy (non-hydrogen) atoms. The van der Waals surface area contributed by atoms with Gasteiger partial charge in [-0.2, -0.15) is 5.10 Å². The van der Waals surface area contributed by atoms with E-state index in [2.05, 4.69) is 5.10 Å². The monoisotopic (exact) mass is 118 g/mol. The summed E-state index contributed by atoms with van der Waals surface area (Å²) in [6.45, 7) is 1.84. The molecule has 0 aromatic carbocycles. The fourth-order valence-corrected chi connectivity index (χ4v) is 0.307. The number of hydrogen-bond donors (Lipinski definition) is 1. The fourth-order valence-electron chi connectivity index (χ4n) is 0.181. The molecule has 3 heteroatoms. The summed E-state index contributed by atoms with van der Waals surface area (Å²) < 4.78 is 0. The summed E-state index contributed by atoms with van der Waals surface area (Å²) >= 11 is 5.30. The van der Waals surface area contributed by atoms with Crippen molar-refractivity contribution < 1.29 is 0 Å². The Labute approximate surface area is 47.7 Å². The number of nitrogens with two attached hydrogens (primary N) is 1. The molecule has 0 amide bonds. The van der Waals surface area contributed by atoms with Crippen LogP contribution in [0, 0.1) is 0 Å².